The molecule has 4 nitrogen and oxygen atoms in total. The van der Waals surface area contributed by atoms with Crippen molar-refractivity contribution in [1.82, 2.24) is 5.01 Å². The summed E-state index contributed by atoms with van der Waals surface area (Å²) < 4.78 is 0. The van der Waals surface area contributed by atoms with E-state index in [1.807, 2.05) is 0 Å². The molecule has 0 fully saturated rings. The number of likely N-dealkylation sites (N-methyl/N-ethyl adjacent to an activating group) is 1. The van der Waals surface area contributed by atoms with Gasteiger partial charge in [-0.1, -0.05) is 4.85 Å². The predicted molar refractivity (Wildman–Crippen MR) is 41.2 cm³/mol. The predicted octanol–water partition coefficient (Wildman–Crippen LogP) is 0.166. The van der Waals surface area contributed by atoms with Crippen LogP contribution in [0.2, 0.25) is 0 Å². The van der Waals surface area contributed by atoms with Gasteiger partial charge in [0.15, 0.2) is 5.54 Å². The molecule has 1 rings (SSSR count). The van der Waals surface area contributed by atoms with Gasteiger partial charge in [-0.25, -0.2) is 0 Å². The number of rotatable bonds is 0. The Balaban J connectivity index is 3.13. The number of hydrogen-bond acceptors (Lipinski definition) is 3. The molecule has 1 aliphatic rings. The molecule has 0 aromatic rings. The Labute approximate surface area is 65.7 Å². The standard InChI is InChI=1S/C7H12N2O2/c1-5-6(10)7(2,3)8(4)9(5)11/h1-4H3. The number of hydrazine groups is 1. The number of Topliss-reactive ketones (excluding diaryl/α,β-unsaturated/α-hetero) is 1. The maximum absolute atomic E-state index is 11.3. The highest BCUT2D eigenvalue weighted by molar-refractivity contribution is 6.40. The van der Waals surface area contributed by atoms with Crippen molar-refractivity contribution in [2.45, 2.75) is 26.3 Å². The van der Waals surface area contributed by atoms with Crippen LogP contribution in [0.3, 0.4) is 0 Å². The van der Waals surface area contributed by atoms with E-state index in [0.717, 1.165) is 0 Å². The van der Waals surface area contributed by atoms with Gasteiger partial charge < -0.3 is 5.21 Å². The zero-order valence-electron chi connectivity index (χ0n) is 7.21. The van der Waals surface area contributed by atoms with Crippen molar-refractivity contribution in [3.8, 4) is 0 Å². The molecule has 0 aliphatic carbocycles. The normalized spacial score (nSPS) is 23.3. The van der Waals surface area contributed by atoms with Gasteiger partial charge in [0, 0.05) is 6.92 Å². The fraction of sp³-hybridized carbons (Fsp3) is 0.714. The number of nitrogens with zero attached hydrogens (tertiary/aromatic N) is 2. The second-order valence-corrected chi connectivity index (χ2v) is 3.27. The van der Waals surface area contributed by atoms with E-state index in [4.69, 9.17) is 0 Å². The maximum atomic E-state index is 11.3. The minimum atomic E-state index is -0.675. The molecule has 62 valence electrons. The van der Waals surface area contributed by atoms with Crippen molar-refractivity contribution in [3.63, 3.8) is 0 Å². The zero-order valence-corrected chi connectivity index (χ0v) is 7.21. The van der Waals surface area contributed by atoms with E-state index in [-0.39, 0.29) is 11.5 Å². The van der Waals surface area contributed by atoms with Crippen LogP contribution in [-0.2, 0) is 4.79 Å². The van der Waals surface area contributed by atoms with Gasteiger partial charge in [0.25, 0.3) is 11.5 Å². The van der Waals surface area contributed by atoms with Gasteiger partial charge in [0.1, 0.15) is 0 Å². The van der Waals surface area contributed by atoms with Crippen LogP contribution in [0.25, 0.3) is 0 Å². The van der Waals surface area contributed by atoms with Crippen LogP contribution in [0, 0.1) is 5.21 Å². The van der Waals surface area contributed by atoms with Crippen molar-refractivity contribution in [2.75, 3.05) is 7.05 Å². The quantitative estimate of drug-likeness (QED) is 0.371. The lowest BCUT2D eigenvalue weighted by atomic mass is 9.98. The lowest BCUT2D eigenvalue weighted by molar-refractivity contribution is -0.635. The smallest absolute Gasteiger partial charge is 0.261 e. The molecule has 1 heterocycles. The number of ketones is 1. The molecule has 11 heavy (non-hydrogen) atoms. The molecule has 0 aromatic carbocycles. The first kappa shape index (κ1) is 8.04. The highest BCUT2D eigenvalue weighted by Crippen LogP contribution is 2.20. The van der Waals surface area contributed by atoms with Crippen LogP contribution in [0.4, 0.5) is 0 Å². The van der Waals surface area contributed by atoms with Crippen molar-refractivity contribution in [1.29, 1.82) is 0 Å². The first-order chi connectivity index (χ1) is 4.89. The van der Waals surface area contributed by atoms with Crippen LogP contribution in [-0.4, -0.2) is 33.9 Å². The Bertz CT molecular complexity index is 243. The summed E-state index contributed by atoms with van der Waals surface area (Å²) >= 11 is 0. The third-order valence-corrected chi connectivity index (χ3v) is 2.25. The Morgan fingerprint density at radius 1 is 1.55 bits per heavy atom. The van der Waals surface area contributed by atoms with Gasteiger partial charge in [-0.15, -0.1) is 0 Å². The van der Waals surface area contributed by atoms with E-state index in [1.165, 1.54) is 5.01 Å². The number of hydrazone groups is 1. The zero-order chi connectivity index (χ0) is 8.81. The average Bonchev–Trinajstić information content (AvgIpc) is 2.06. The monoisotopic (exact) mass is 156 g/mol. The minimum Gasteiger partial charge on any atom is -0.596 e. The van der Waals surface area contributed by atoms with Crippen molar-refractivity contribution in [3.05, 3.63) is 5.21 Å². The molecule has 0 spiro atoms. The minimum absolute atomic E-state index is 0.102. The molecule has 0 N–H and O–H groups in total. The summed E-state index contributed by atoms with van der Waals surface area (Å²) in [6.45, 7) is 5.01. The summed E-state index contributed by atoms with van der Waals surface area (Å²) in [4.78, 5) is 12.0. The average molecular weight is 156 g/mol. The largest absolute Gasteiger partial charge is 0.596 e. The van der Waals surface area contributed by atoms with E-state index in [9.17, 15) is 10.0 Å². The van der Waals surface area contributed by atoms with Crippen LogP contribution < -0.4 is 0 Å². The first-order valence-corrected chi connectivity index (χ1v) is 3.48. The highest BCUT2D eigenvalue weighted by Gasteiger charge is 2.47. The molecule has 0 saturated carbocycles. The lowest BCUT2D eigenvalue weighted by Gasteiger charge is -2.23. The fourth-order valence-electron chi connectivity index (χ4n) is 1.13. The summed E-state index contributed by atoms with van der Waals surface area (Å²) in [5.74, 6) is -0.102. The second-order valence-electron chi connectivity index (χ2n) is 3.27. The molecule has 0 radical (unpaired) electrons. The summed E-state index contributed by atoms with van der Waals surface area (Å²) in [5.41, 5.74) is -0.413. The van der Waals surface area contributed by atoms with E-state index < -0.39 is 5.54 Å². The summed E-state index contributed by atoms with van der Waals surface area (Å²) in [6.07, 6.45) is 0. The van der Waals surface area contributed by atoms with Crippen molar-refractivity contribution >= 4 is 11.5 Å². The van der Waals surface area contributed by atoms with E-state index in [1.54, 1.807) is 27.8 Å². The van der Waals surface area contributed by atoms with Gasteiger partial charge in [0.2, 0.25) is 0 Å². The third kappa shape index (κ3) is 0.818. The SMILES string of the molecule is CC1=[N+]([O-])N(C)C(C)(C)C1=O. The summed E-state index contributed by atoms with van der Waals surface area (Å²) in [7, 11) is 1.61. The fourth-order valence-corrected chi connectivity index (χ4v) is 1.13. The van der Waals surface area contributed by atoms with Gasteiger partial charge in [-0.2, -0.15) is 5.01 Å². The van der Waals surface area contributed by atoms with Gasteiger partial charge in [-0.3, -0.25) is 4.79 Å². The molecular weight excluding hydrogens is 144 g/mol. The lowest BCUT2D eigenvalue weighted by Crippen LogP contribution is -2.44. The maximum Gasteiger partial charge on any atom is 0.261 e. The Hall–Kier alpha value is -1.06. The molecule has 4 heteroatoms. The molecule has 0 bridgehead atoms. The number of carbonyl (C=O) groups excluding carboxylic acids is 1. The van der Waals surface area contributed by atoms with Crippen molar-refractivity contribution < 1.29 is 9.64 Å². The molecule has 0 atom stereocenters. The highest BCUT2D eigenvalue weighted by atomic mass is 16.5. The summed E-state index contributed by atoms with van der Waals surface area (Å²) in [5, 5.41) is 12.5. The molecule has 0 amide bonds. The van der Waals surface area contributed by atoms with Crippen LogP contribution in [0.15, 0.2) is 0 Å². The Morgan fingerprint density at radius 3 is 2.09 bits per heavy atom. The van der Waals surface area contributed by atoms with Gasteiger partial charge in [0.05, 0.1) is 7.05 Å². The number of hydrogen-bond donors (Lipinski definition) is 0. The third-order valence-electron chi connectivity index (χ3n) is 2.25. The first-order valence-electron chi connectivity index (χ1n) is 3.48. The molecular formula is C7H12N2O2. The van der Waals surface area contributed by atoms with Crippen LogP contribution in [0.1, 0.15) is 20.8 Å². The summed E-state index contributed by atoms with van der Waals surface area (Å²) in [6, 6.07) is 0. The second kappa shape index (κ2) is 1.96. The number of carbonyl (C=O) groups is 1. The Kier molecular flexibility index (Phi) is 1.44. The molecule has 1 aliphatic heterocycles. The molecule has 0 unspecified atom stereocenters. The van der Waals surface area contributed by atoms with Crippen LogP contribution >= 0.6 is 0 Å². The topological polar surface area (TPSA) is 46.4 Å². The van der Waals surface area contributed by atoms with Gasteiger partial charge in [-0.05, 0) is 13.8 Å². The van der Waals surface area contributed by atoms with Crippen molar-refractivity contribution in [2.24, 2.45) is 0 Å². The van der Waals surface area contributed by atoms with E-state index >= 15 is 0 Å². The van der Waals surface area contributed by atoms with Gasteiger partial charge >= 0.3 is 0 Å². The van der Waals surface area contributed by atoms with Crippen LogP contribution in [0.5, 0.6) is 0 Å². The van der Waals surface area contributed by atoms with E-state index in [0.29, 0.717) is 4.85 Å². The Morgan fingerprint density at radius 2 is 2.00 bits per heavy atom. The molecule has 0 aromatic heterocycles. The molecule has 0 saturated heterocycles. The van der Waals surface area contributed by atoms with E-state index in [2.05, 4.69) is 0 Å².